The van der Waals surface area contributed by atoms with E-state index < -0.39 is 0 Å². The van der Waals surface area contributed by atoms with Crippen LogP contribution in [-0.4, -0.2) is 21.9 Å². The number of aromatic nitrogens is 3. The van der Waals surface area contributed by atoms with E-state index in [1.807, 2.05) is 7.05 Å². The fourth-order valence-electron chi connectivity index (χ4n) is 1.70. The standard InChI is InChI=1S/C13H18N4O/c1-17-10-15-13(16-17)8-14-7-11-3-5-12(6-4-11)9-18-2/h3-6,10,14H,7-9H2,1-2H3. The minimum absolute atomic E-state index is 0.658. The van der Waals surface area contributed by atoms with Gasteiger partial charge in [-0.1, -0.05) is 24.3 Å². The van der Waals surface area contributed by atoms with Gasteiger partial charge in [-0.15, -0.1) is 0 Å². The summed E-state index contributed by atoms with van der Waals surface area (Å²) in [5, 5.41) is 7.52. The summed E-state index contributed by atoms with van der Waals surface area (Å²) >= 11 is 0. The van der Waals surface area contributed by atoms with Crippen LogP contribution in [0, 0.1) is 0 Å². The number of methoxy groups -OCH3 is 1. The Morgan fingerprint density at radius 1 is 1.17 bits per heavy atom. The van der Waals surface area contributed by atoms with Crippen molar-refractivity contribution >= 4 is 0 Å². The van der Waals surface area contributed by atoms with Crippen molar-refractivity contribution in [2.75, 3.05) is 7.11 Å². The minimum Gasteiger partial charge on any atom is -0.380 e. The number of hydrogen-bond donors (Lipinski definition) is 1. The van der Waals surface area contributed by atoms with Crippen molar-refractivity contribution in [1.82, 2.24) is 20.1 Å². The molecule has 0 aliphatic rings. The number of hydrogen-bond acceptors (Lipinski definition) is 4. The van der Waals surface area contributed by atoms with E-state index in [9.17, 15) is 0 Å². The SMILES string of the molecule is COCc1ccc(CNCc2ncn(C)n2)cc1. The third kappa shape index (κ3) is 3.65. The first kappa shape index (κ1) is 12.7. The molecule has 0 fully saturated rings. The number of aryl methyl sites for hydroxylation is 1. The van der Waals surface area contributed by atoms with Gasteiger partial charge in [0.15, 0.2) is 5.82 Å². The molecule has 1 N–H and O–H groups in total. The average molecular weight is 246 g/mol. The van der Waals surface area contributed by atoms with Crippen LogP contribution in [0.5, 0.6) is 0 Å². The van der Waals surface area contributed by atoms with Crippen molar-refractivity contribution in [3.63, 3.8) is 0 Å². The molecule has 5 nitrogen and oxygen atoms in total. The van der Waals surface area contributed by atoms with Gasteiger partial charge in [-0.05, 0) is 11.1 Å². The molecule has 0 spiro atoms. The summed E-state index contributed by atoms with van der Waals surface area (Å²) in [6, 6.07) is 8.37. The molecule has 96 valence electrons. The van der Waals surface area contributed by atoms with Crippen LogP contribution >= 0.6 is 0 Å². The third-order valence-electron chi connectivity index (χ3n) is 2.59. The summed E-state index contributed by atoms with van der Waals surface area (Å²) < 4.78 is 6.78. The van der Waals surface area contributed by atoms with Crippen molar-refractivity contribution in [3.8, 4) is 0 Å². The van der Waals surface area contributed by atoms with Gasteiger partial charge >= 0.3 is 0 Å². The first-order valence-corrected chi connectivity index (χ1v) is 5.90. The molecule has 1 heterocycles. The third-order valence-corrected chi connectivity index (χ3v) is 2.59. The highest BCUT2D eigenvalue weighted by molar-refractivity contribution is 5.21. The fraction of sp³-hybridized carbons (Fsp3) is 0.385. The maximum Gasteiger partial charge on any atom is 0.164 e. The van der Waals surface area contributed by atoms with E-state index in [0.717, 1.165) is 12.4 Å². The fourth-order valence-corrected chi connectivity index (χ4v) is 1.70. The molecule has 5 heteroatoms. The molecule has 2 rings (SSSR count). The summed E-state index contributed by atoms with van der Waals surface area (Å²) in [5.74, 6) is 0.813. The minimum atomic E-state index is 0.658. The molecule has 0 bridgehead atoms. The van der Waals surface area contributed by atoms with E-state index in [4.69, 9.17) is 4.74 Å². The number of rotatable bonds is 6. The molecule has 1 aromatic heterocycles. The predicted molar refractivity (Wildman–Crippen MR) is 68.7 cm³/mol. The van der Waals surface area contributed by atoms with Crippen molar-refractivity contribution in [3.05, 3.63) is 47.5 Å². The lowest BCUT2D eigenvalue weighted by atomic mass is 10.1. The van der Waals surface area contributed by atoms with Crippen LogP contribution in [-0.2, 0) is 31.5 Å². The van der Waals surface area contributed by atoms with Gasteiger partial charge in [0.25, 0.3) is 0 Å². The highest BCUT2D eigenvalue weighted by atomic mass is 16.5. The van der Waals surface area contributed by atoms with Gasteiger partial charge in [0.2, 0.25) is 0 Å². The second kappa shape index (κ2) is 6.28. The van der Waals surface area contributed by atoms with Crippen LogP contribution in [0.1, 0.15) is 17.0 Å². The molecule has 0 aliphatic heterocycles. The van der Waals surface area contributed by atoms with Crippen LogP contribution in [0.2, 0.25) is 0 Å². The Morgan fingerprint density at radius 2 is 1.89 bits per heavy atom. The first-order valence-electron chi connectivity index (χ1n) is 5.90. The van der Waals surface area contributed by atoms with Crippen LogP contribution in [0.3, 0.4) is 0 Å². The van der Waals surface area contributed by atoms with Gasteiger partial charge < -0.3 is 10.1 Å². The van der Waals surface area contributed by atoms with Gasteiger partial charge in [0.1, 0.15) is 6.33 Å². The van der Waals surface area contributed by atoms with Gasteiger partial charge in [-0.25, -0.2) is 4.98 Å². The smallest absolute Gasteiger partial charge is 0.164 e. The van der Waals surface area contributed by atoms with Crippen molar-refractivity contribution in [2.24, 2.45) is 7.05 Å². The molecular formula is C13H18N4O. The Labute approximate surface area is 107 Å². The second-order valence-electron chi connectivity index (χ2n) is 4.19. The van der Waals surface area contributed by atoms with E-state index in [0.29, 0.717) is 13.2 Å². The molecule has 0 radical (unpaired) electrons. The summed E-state index contributed by atoms with van der Waals surface area (Å²) in [5.41, 5.74) is 2.43. The molecule has 0 saturated heterocycles. The Morgan fingerprint density at radius 3 is 2.50 bits per heavy atom. The Kier molecular flexibility index (Phi) is 4.44. The molecular weight excluding hydrogens is 228 g/mol. The molecule has 0 saturated carbocycles. The highest BCUT2D eigenvalue weighted by Gasteiger charge is 1.98. The second-order valence-corrected chi connectivity index (χ2v) is 4.19. The first-order chi connectivity index (χ1) is 8.78. The molecule has 0 aliphatic carbocycles. The largest absolute Gasteiger partial charge is 0.380 e. The number of nitrogens with one attached hydrogen (secondary N) is 1. The van der Waals surface area contributed by atoms with E-state index in [-0.39, 0.29) is 0 Å². The number of nitrogens with zero attached hydrogens (tertiary/aromatic N) is 3. The zero-order valence-corrected chi connectivity index (χ0v) is 10.8. The summed E-state index contributed by atoms with van der Waals surface area (Å²) in [7, 11) is 3.57. The van der Waals surface area contributed by atoms with Gasteiger partial charge in [0, 0.05) is 20.7 Å². The topological polar surface area (TPSA) is 52.0 Å². The Hall–Kier alpha value is -1.72. The summed E-state index contributed by atoms with van der Waals surface area (Å²) in [4.78, 5) is 4.16. The maximum atomic E-state index is 5.07. The van der Waals surface area contributed by atoms with Gasteiger partial charge in [-0.2, -0.15) is 5.10 Å². The number of ether oxygens (including phenoxy) is 1. The van der Waals surface area contributed by atoms with Crippen molar-refractivity contribution in [2.45, 2.75) is 19.7 Å². The highest BCUT2D eigenvalue weighted by Crippen LogP contribution is 2.05. The number of benzene rings is 1. The predicted octanol–water partition coefficient (Wildman–Crippen LogP) is 1.25. The van der Waals surface area contributed by atoms with E-state index in [1.54, 1.807) is 18.1 Å². The normalized spacial score (nSPS) is 10.8. The molecule has 18 heavy (non-hydrogen) atoms. The molecule has 0 atom stereocenters. The lowest BCUT2D eigenvalue weighted by Gasteiger charge is -2.04. The van der Waals surface area contributed by atoms with Crippen molar-refractivity contribution < 1.29 is 4.74 Å². The van der Waals surface area contributed by atoms with E-state index in [2.05, 4.69) is 39.7 Å². The lowest BCUT2D eigenvalue weighted by Crippen LogP contribution is -2.14. The van der Waals surface area contributed by atoms with Crippen molar-refractivity contribution in [1.29, 1.82) is 0 Å². The van der Waals surface area contributed by atoms with E-state index >= 15 is 0 Å². The summed E-state index contributed by atoms with van der Waals surface area (Å²) in [6.07, 6.45) is 1.70. The van der Waals surface area contributed by atoms with Crippen LogP contribution in [0.25, 0.3) is 0 Å². The van der Waals surface area contributed by atoms with Crippen LogP contribution < -0.4 is 5.32 Å². The monoisotopic (exact) mass is 246 g/mol. The zero-order chi connectivity index (χ0) is 12.8. The Bertz CT molecular complexity index is 478. The lowest BCUT2D eigenvalue weighted by molar-refractivity contribution is 0.185. The van der Waals surface area contributed by atoms with Gasteiger partial charge in [-0.3, -0.25) is 4.68 Å². The summed E-state index contributed by atoms with van der Waals surface area (Å²) in [6.45, 7) is 2.15. The van der Waals surface area contributed by atoms with E-state index in [1.165, 1.54) is 11.1 Å². The molecule has 1 aromatic carbocycles. The van der Waals surface area contributed by atoms with Crippen LogP contribution in [0.4, 0.5) is 0 Å². The average Bonchev–Trinajstić information content (AvgIpc) is 2.78. The van der Waals surface area contributed by atoms with Crippen LogP contribution in [0.15, 0.2) is 30.6 Å². The maximum absolute atomic E-state index is 5.07. The van der Waals surface area contributed by atoms with Gasteiger partial charge in [0.05, 0.1) is 13.2 Å². The quantitative estimate of drug-likeness (QED) is 0.833. The zero-order valence-electron chi connectivity index (χ0n) is 10.8. The molecule has 0 amide bonds. The molecule has 2 aromatic rings. The molecule has 0 unspecified atom stereocenters. The Balaban J connectivity index is 1.79.